The largest absolute Gasteiger partial charge is 0.453 e. The van der Waals surface area contributed by atoms with Crippen molar-refractivity contribution < 1.29 is 27.1 Å². The highest BCUT2D eigenvalue weighted by atomic mass is 35.5. The number of pyridine rings is 2. The van der Waals surface area contributed by atoms with Gasteiger partial charge in [-0.25, -0.2) is 9.97 Å². The Morgan fingerprint density at radius 3 is 2.59 bits per heavy atom. The molecule has 0 fully saturated rings. The highest BCUT2D eigenvalue weighted by Crippen LogP contribution is 2.33. The second kappa shape index (κ2) is 9.03. The van der Waals surface area contributed by atoms with Crippen molar-refractivity contribution >= 4 is 29.2 Å². The number of ether oxygens (including phenoxy) is 1. The monoisotopic (exact) mass is 433 g/mol. The number of amides is 1. The number of nitrogens with zero attached hydrogens (tertiary/aromatic N) is 2. The molecule has 0 radical (unpaired) electrons. The zero-order chi connectivity index (χ0) is 21.8. The second-order valence-corrected chi connectivity index (χ2v) is 6.51. The summed E-state index contributed by atoms with van der Waals surface area (Å²) in [6.45, 7) is 1.33. The zero-order valence-electron chi connectivity index (χ0n) is 14.9. The van der Waals surface area contributed by atoms with Crippen molar-refractivity contribution in [3.8, 4) is 0 Å². The molecule has 0 bridgehead atoms. The van der Waals surface area contributed by atoms with Gasteiger partial charge in [0.1, 0.15) is 5.69 Å². The first-order valence-electron chi connectivity index (χ1n) is 8.13. The first-order chi connectivity index (χ1) is 13.5. The number of carbonyl (C=O) groups is 1. The van der Waals surface area contributed by atoms with Crippen LogP contribution in [0.1, 0.15) is 35.3 Å². The summed E-state index contributed by atoms with van der Waals surface area (Å²) in [5, 5.41) is 9.67. The van der Waals surface area contributed by atoms with Crippen LogP contribution in [-0.4, -0.2) is 34.2 Å². The van der Waals surface area contributed by atoms with Gasteiger partial charge in [0.15, 0.2) is 6.10 Å². The molecule has 2 heterocycles. The van der Waals surface area contributed by atoms with Crippen LogP contribution in [0.25, 0.3) is 0 Å². The number of rotatable bonds is 6. The van der Waals surface area contributed by atoms with Crippen molar-refractivity contribution in [2.45, 2.75) is 31.5 Å². The number of carbonyl (C=O) groups excluding carboxylic acids is 1. The Hall–Kier alpha value is -2.95. The Labute approximate surface area is 167 Å². The third kappa shape index (κ3) is 6.28. The molecule has 0 aromatic carbocycles. The van der Waals surface area contributed by atoms with Gasteiger partial charge in [-0.15, -0.1) is 0 Å². The first kappa shape index (κ1) is 22.3. The lowest BCUT2D eigenvalue weighted by Gasteiger charge is -2.24. The van der Waals surface area contributed by atoms with Gasteiger partial charge >= 0.3 is 6.18 Å². The number of aromatic nitrogens is 2. The molecular formula is C17H16ClF4N5O2. The quantitative estimate of drug-likeness (QED) is 0.277. The first-order valence-corrected chi connectivity index (χ1v) is 8.51. The molecule has 2 rings (SSSR count). The van der Waals surface area contributed by atoms with E-state index in [1.54, 1.807) is 0 Å². The zero-order valence-corrected chi connectivity index (χ0v) is 15.7. The van der Waals surface area contributed by atoms with E-state index in [0.717, 1.165) is 6.20 Å². The summed E-state index contributed by atoms with van der Waals surface area (Å²) < 4.78 is 57.6. The van der Waals surface area contributed by atoms with Crippen LogP contribution >= 0.6 is 11.6 Å². The van der Waals surface area contributed by atoms with Crippen LogP contribution in [0.3, 0.4) is 0 Å². The van der Waals surface area contributed by atoms with E-state index in [0.29, 0.717) is 5.02 Å². The van der Waals surface area contributed by atoms with Crippen LogP contribution in [0.4, 0.5) is 23.2 Å². The van der Waals surface area contributed by atoms with Gasteiger partial charge in [-0.1, -0.05) is 18.5 Å². The van der Waals surface area contributed by atoms with Gasteiger partial charge in [0.05, 0.1) is 16.9 Å². The standard InChI is InChI=1S/C17H16ClF4N5O2/c1-8(4-13(17(20,21)22)29-16(23)24)11-5-10(7-26-14(11)19)27-15(28)12-3-2-9(18)6-25-12/h2-3,5-8,13H,4H2,1H3,(H3,23,24)(H,27,28)/t8-,13+/m1/s1. The van der Waals surface area contributed by atoms with E-state index in [1.165, 1.54) is 31.3 Å². The molecule has 12 heteroatoms. The van der Waals surface area contributed by atoms with E-state index >= 15 is 0 Å². The van der Waals surface area contributed by atoms with Gasteiger partial charge in [0, 0.05) is 18.2 Å². The minimum atomic E-state index is -4.81. The molecule has 0 aliphatic carbocycles. The van der Waals surface area contributed by atoms with Crippen LogP contribution in [0.5, 0.6) is 0 Å². The number of hydrogen-bond donors (Lipinski definition) is 3. The highest BCUT2D eigenvalue weighted by molar-refractivity contribution is 6.30. The van der Waals surface area contributed by atoms with Gasteiger partial charge < -0.3 is 15.8 Å². The third-order valence-corrected chi connectivity index (χ3v) is 4.04. The molecule has 2 aromatic rings. The molecule has 1 amide bonds. The third-order valence-electron chi connectivity index (χ3n) is 3.82. The van der Waals surface area contributed by atoms with Gasteiger partial charge in [0.2, 0.25) is 5.95 Å². The summed E-state index contributed by atoms with van der Waals surface area (Å²) in [5.41, 5.74) is 4.81. The Kier molecular flexibility index (Phi) is 6.96. The van der Waals surface area contributed by atoms with Crippen LogP contribution in [0.2, 0.25) is 5.02 Å². The molecule has 0 unspecified atom stereocenters. The lowest BCUT2D eigenvalue weighted by molar-refractivity contribution is -0.202. The van der Waals surface area contributed by atoms with Crippen LogP contribution in [-0.2, 0) is 4.74 Å². The predicted molar refractivity (Wildman–Crippen MR) is 97.3 cm³/mol. The molecule has 7 nitrogen and oxygen atoms in total. The fourth-order valence-corrected chi connectivity index (χ4v) is 2.55. The lowest BCUT2D eigenvalue weighted by Crippen LogP contribution is -2.37. The van der Waals surface area contributed by atoms with Crippen molar-refractivity contribution in [1.29, 1.82) is 5.41 Å². The molecule has 0 saturated heterocycles. The van der Waals surface area contributed by atoms with E-state index in [1.807, 2.05) is 0 Å². The Balaban J connectivity index is 2.19. The second-order valence-electron chi connectivity index (χ2n) is 6.07. The van der Waals surface area contributed by atoms with Gasteiger partial charge in [-0.3, -0.25) is 10.2 Å². The summed E-state index contributed by atoms with van der Waals surface area (Å²) in [4.78, 5) is 19.5. The van der Waals surface area contributed by atoms with Crippen molar-refractivity contribution in [3.63, 3.8) is 0 Å². The number of anilines is 1. The van der Waals surface area contributed by atoms with Crippen molar-refractivity contribution in [1.82, 2.24) is 9.97 Å². The summed E-state index contributed by atoms with van der Waals surface area (Å²) in [6.07, 6.45) is -5.63. The molecule has 0 saturated carbocycles. The number of nitrogens with one attached hydrogen (secondary N) is 2. The van der Waals surface area contributed by atoms with E-state index in [4.69, 9.17) is 22.7 Å². The maximum Gasteiger partial charge on any atom is 0.425 e. The van der Waals surface area contributed by atoms with E-state index in [2.05, 4.69) is 20.0 Å². The minimum absolute atomic E-state index is 0.0281. The molecule has 0 spiro atoms. The SMILES string of the molecule is C[C@H](C[C@H](OC(=N)N)C(F)(F)F)c1cc(NC(=O)c2ccc(Cl)cn2)cnc1F. The Morgan fingerprint density at radius 2 is 2.03 bits per heavy atom. The summed E-state index contributed by atoms with van der Waals surface area (Å²) in [7, 11) is 0. The van der Waals surface area contributed by atoms with Crippen molar-refractivity contribution in [3.05, 3.63) is 52.8 Å². The lowest BCUT2D eigenvalue weighted by atomic mass is 9.95. The van der Waals surface area contributed by atoms with Crippen molar-refractivity contribution in [2.24, 2.45) is 5.73 Å². The molecule has 156 valence electrons. The number of amidine groups is 1. The van der Waals surface area contributed by atoms with Crippen LogP contribution < -0.4 is 11.1 Å². The van der Waals surface area contributed by atoms with E-state index < -0.39 is 42.5 Å². The maximum absolute atomic E-state index is 14.1. The Bertz CT molecular complexity index is 892. The number of hydrogen-bond acceptors (Lipinski definition) is 5. The normalized spacial score (nSPS) is 13.4. The summed E-state index contributed by atoms with van der Waals surface area (Å²) >= 11 is 5.70. The highest BCUT2D eigenvalue weighted by Gasteiger charge is 2.43. The van der Waals surface area contributed by atoms with Crippen LogP contribution in [0, 0.1) is 11.4 Å². The molecule has 0 aliphatic heterocycles. The van der Waals surface area contributed by atoms with E-state index in [-0.39, 0.29) is 16.9 Å². The maximum atomic E-state index is 14.1. The summed E-state index contributed by atoms with van der Waals surface area (Å²) in [5.74, 6) is -2.65. The molecule has 2 aromatic heterocycles. The number of halogens is 5. The van der Waals surface area contributed by atoms with Crippen molar-refractivity contribution in [2.75, 3.05) is 5.32 Å². The minimum Gasteiger partial charge on any atom is -0.453 e. The topological polar surface area (TPSA) is 114 Å². The molecule has 2 atom stereocenters. The molecule has 0 aliphatic rings. The number of nitrogens with two attached hydrogens (primary N) is 1. The predicted octanol–water partition coefficient (Wildman–Crippen LogP) is 3.86. The molecular weight excluding hydrogens is 418 g/mol. The fraction of sp³-hybridized carbons (Fsp3) is 0.294. The van der Waals surface area contributed by atoms with Gasteiger partial charge in [-0.2, -0.15) is 17.6 Å². The van der Waals surface area contributed by atoms with Crippen LogP contribution in [0.15, 0.2) is 30.6 Å². The average molecular weight is 434 g/mol. The van der Waals surface area contributed by atoms with Gasteiger partial charge in [-0.05, 0) is 24.1 Å². The fourth-order valence-electron chi connectivity index (χ4n) is 2.43. The van der Waals surface area contributed by atoms with E-state index in [9.17, 15) is 22.4 Å². The smallest absolute Gasteiger partial charge is 0.425 e. The number of alkyl halides is 3. The molecule has 29 heavy (non-hydrogen) atoms. The Morgan fingerprint density at radius 1 is 1.34 bits per heavy atom. The molecule has 4 N–H and O–H groups in total. The van der Waals surface area contributed by atoms with Gasteiger partial charge in [0.25, 0.3) is 11.9 Å². The summed E-state index contributed by atoms with van der Waals surface area (Å²) in [6, 6.07) is 2.88. The average Bonchev–Trinajstić information content (AvgIpc) is 2.62.